The minimum Gasteiger partial charge on any atom is -0.481 e. The van der Waals surface area contributed by atoms with Gasteiger partial charge >= 0.3 is 12.1 Å². The fourth-order valence-electron chi connectivity index (χ4n) is 2.02. The highest BCUT2D eigenvalue weighted by Crippen LogP contribution is 2.27. The maximum absolute atomic E-state index is 11.3. The molecule has 1 heterocycles. The molecule has 2 rings (SSSR count). The summed E-state index contributed by atoms with van der Waals surface area (Å²) in [5.41, 5.74) is 3.59. The number of hydrogen-bond acceptors (Lipinski definition) is 8. The van der Waals surface area contributed by atoms with Crippen molar-refractivity contribution < 1.29 is 23.7 Å². The summed E-state index contributed by atoms with van der Waals surface area (Å²) in [6.07, 6.45) is -0.109. The number of benzene rings is 1. The van der Waals surface area contributed by atoms with Gasteiger partial charge in [-0.3, -0.25) is 0 Å². The Balaban J connectivity index is 2.35. The van der Waals surface area contributed by atoms with Crippen molar-refractivity contribution >= 4 is 11.8 Å². The van der Waals surface area contributed by atoms with Crippen molar-refractivity contribution in [3.05, 3.63) is 35.9 Å². The molecule has 0 unspecified atom stereocenters. The van der Waals surface area contributed by atoms with Crippen molar-refractivity contribution in [2.24, 2.45) is 5.10 Å². The van der Waals surface area contributed by atoms with E-state index in [1.807, 2.05) is 19.1 Å². The van der Waals surface area contributed by atoms with Crippen LogP contribution in [0.5, 0.6) is 23.5 Å². The molecule has 1 aromatic carbocycles. The van der Waals surface area contributed by atoms with E-state index in [0.717, 1.165) is 0 Å². The molecule has 2 aromatic rings. The summed E-state index contributed by atoms with van der Waals surface area (Å²) in [5, 5.41) is 4.07. The molecule has 1 N–H and O–H groups in total. The van der Waals surface area contributed by atoms with Gasteiger partial charge in [0.15, 0.2) is 0 Å². The van der Waals surface area contributed by atoms with Crippen molar-refractivity contribution in [2.75, 3.05) is 21.3 Å². The first-order valence-corrected chi connectivity index (χ1v) is 7.76. The Bertz CT molecular complexity index is 772. The van der Waals surface area contributed by atoms with Gasteiger partial charge in [-0.2, -0.15) is 15.1 Å². The van der Waals surface area contributed by atoms with Crippen LogP contribution in [-0.4, -0.2) is 43.1 Å². The lowest BCUT2D eigenvalue weighted by molar-refractivity contribution is 0.171. The van der Waals surface area contributed by atoms with Gasteiger partial charge in [-0.25, -0.2) is 10.2 Å². The molecule has 0 aliphatic rings. The van der Waals surface area contributed by atoms with Crippen LogP contribution in [-0.2, 0) is 4.74 Å². The van der Waals surface area contributed by atoms with Crippen molar-refractivity contribution in [3.63, 3.8) is 0 Å². The number of para-hydroxylation sites is 1. The summed E-state index contributed by atoms with van der Waals surface area (Å²) in [5.74, 6) is 1.08. The minimum absolute atomic E-state index is 0.0602. The van der Waals surface area contributed by atoms with Crippen LogP contribution in [0.2, 0.25) is 0 Å². The number of aromatic nitrogens is 2. The van der Waals surface area contributed by atoms with Crippen LogP contribution in [0.1, 0.15) is 18.9 Å². The molecule has 0 saturated heterocycles. The number of rotatable bonds is 7. The van der Waals surface area contributed by atoms with E-state index in [-0.39, 0.29) is 6.01 Å². The second-order valence-corrected chi connectivity index (χ2v) is 4.85. The van der Waals surface area contributed by atoms with Crippen LogP contribution < -0.4 is 19.6 Å². The number of carbonyl (C=O) groups excluding carboxylic acids is 1. The van der Waals surface area contributed by atoms with E-state index in [1.165, 1.54) is 27.4 Å². The van der Waals surface area contributed by atoms with E-state index in [9.17, 15) is 4.79 Å². The second-order valence-electron chi connectivity index (χ2n) is 4.85. The average molecular weight is 360 g/mol. The molecule has 0 radical (unpaired) electrons. The maximum Gasteiger partial charge on any atom is 0.427 e. The summed E-state index contributed by atoms with van der Waals surface area (Å²) in [4.78, 5) is 19.5. The molecule has 0 fully saturated rings. The third-order valence-corrected chi connectivity index (χ3v) is 3.28. The van der Waals surface area contributed by atoms with E-state index >= 15 is 0 Å². The number of carbonyl (C=O) groups is 1. The molecular weight excluding hydrogens is 340 g/mol. The molecule has 1 aromatic heterocycles. The number of methoxy groups -OCH3 is 3. The molecule has 138 valence electrons. The van der Waals surface area contributed by atoms with Crippen LogP contribution in [0.15, 0.2) is 35.4 Å². The van der Waals surface area contributed by atoms with E-state index in [2.05, 4.69) is 25.2 Å². The predicted molar refractivity (Wildman–Crippen MR) is 94.0 cm³/mol. The molecule has 0 aliphatic heterocycles. The van der Waals surface area contributed by atoms with E-state index in [0.29, 0.717) is 35.2 Å². The zero-order valence-corrected chi connectivity index (χ0v) is 15.0. The van der Waals surface area contributed by atoms with Crippen molar-refractivity contribution in [1.29, 1.82) is 0 Å². The van der Waals surface area contributed by atoms with E-state index in [1.54, 1.807) is 12.1 Å². The van der Waals surface area contributed by atoms with Gasteiger partial charge in [-0.05, 0) is 18.6 Å². The zero-order valence-electron chi connectivity index (χ0n) is 15.0. The summed E-state index contributed by atoms with van der Waals surface area (Å²) in [6.45, 7) is 1.90. The van der Waals surface area contributed by atoms with E-state index in [4.69, 9.17) is 14.2 Å². The zero-order chi connectivity index (χ0) is 18.9. The molecule has 0 atom stereocenters. The first-order valence-electron chi connectivity index (χ1n) is 7.76. The van der Waals surface area contributed by atoms with Gasteiger partial charge in [0.2, 0.25) is 11.8 Å². The summed E-state index contributed by atoms with van der Waals surface area (Å²) in [6, 6.07) is 8.79. The Morgan fingerprint density at radius 2 is 1.77 bits per heavy atom. The van der Waals surface area contributed by atoms with Gasteiger partial charge in [-0.1, -0.05) is 19.1 Å². The van der Waals surface area contributed by atoms with Gasteiger partial charge < -0.3 is 18.9 Å². The van der Waals surface area contributed by atoms with Gasteiger partial charge in [0.1, 0.15) is 5.75 Å². The molecule has 9 nitrogen and oxygen atoms in total. The molecule has 0 bridgehead atoms. The third-order valence-electron chi connectivity index (χ3n) is 3.28. The Morgan fingerprint density at radius 1 is 1.12 bits per heavy atom. The topological polar surface area (TPSA) is 104 Å². The van der Waals surface area contributed by atoms with E-state index < -0.39 is 6.09 Å². The fourth-order valence-corrected chi connectivity index (χ4v) is 2.02. The number of hydrogen-bond donors (Lipinski definition) is 1. The molecular formula is C17H20N4O5. The SMILES string of the molecule is CC/C(=N\NC(=O)OC)c1ccccc1Oc1nc(OC)cc(OC)n1. The largest absolute Gasteiger partial charge is 0.481 e. The van der Waals surface area contributed by atoms with Gasteiger partial charge in [-0.15, -0.1) is 0 Å². The van der Waals surface area contributed by atoms with Crippen LogP contribution in [0.3, 0.4) is 0 Å². The first-order chi connectivity index (χ1) is 12.6. The number of nitrogens with zero attached hydrogens (tertiary/aromatic N) is 3. The summed E-state index contributed by atoms with van der Waals surface area (Å²) in [7, 11) is 4.24. The Kier molecular flexibility index (Phi) is 6.72. The molecule has 0 aliphatic carbocycles. The van der Waals surface area contributed by atoms with Crippen LogP contribution in [0.4, 0.5) is 4.79 Å². The van der Waals surface area contributed by atoms with Crippen molar-refractivity contribution in [3.8, 4) is 23.5 Å². The smallest absolute Gasteiger partial charge is 0.427 e. The lowest BCUT2D eigenvalue weighted by Gasteiger charge is -2.12. The van der Waals surface area contributed by atoms with Gasteiger partial charge in [0.25, 0.3) is 0 Å². The number of ether oxygens (including phenoxy) is 4. The monoisotopic (exact) mass is 360 g/mol. The molecule has 0 spiro atoms. The maximum atomic E-state index is 11.3. The first kappa shape index (κ1) is 19.0. The quantitative estimate of drug-likeness (QED) is 0.598. The molecule has 26 heavy (non-hydrogen) atoms. The van der Waals surface area contributed by atoms with Crippen LogP contribution >= 0.6 is 0 Å². The van der Waals surface area contributed by atoms with Crippen molar-refractivity contribution in [1.82, 2.24) is 15.4 Å². The van der Waals surface area contributed by atoms with Gasteiger partial charge in [0.05, 0.1) is 33.1 Å². The number of nitrogens with one attached hydrogen (secondary N) is 1. The molecule has 1 amide bonds. The highest BCUT2D eigenvalue weighted by Gasteiger charge is 2.13. The standard InChI is InChI=1S/C17H20N4O5/c1-5-12(20-21-17(22)25-4)11-8-6-7-9-13(11)26-16-18-14(23-2)10-15(19-16)24-3/h6-10H,5H2,1-4H3,(H,21,22)/b20-12+. The Hall–Kier alpha value is -3.36. The Labute approximate surface area is 151 Å². The molecule has 9 heteroatoms. The lowest BCUT2D eigenvalue weighted by Crippen LogP contribution is -2.19. The normalized spacial score (nSPS) is 10.8. The predicted octanol–water partition coefficient (Wildman–Crippen LogP) is 2.76. The highest BCUT2D eigenvalue weighted by atomic mass is 16.5. The lowest BCUT2D eigenvalue weighted by atomic mass is 10.1. The van der Waals surface area contributed by atoms with Crippen LogP contribution in [0.25, 0.3) is 0 Å². The summed E-state index contributed by atoms with van der Waals surface area (Å²) >= 11 is 0. The van der Waals surface area contributed by atoms with Gasteiger partial charge in [0, 0.05) is 5.56 Å². The number of hydrazone groups is 1. The third kappa shape index (κ3) is 4.82. The molecule has 0 saturated carbocycles. The average Bonchev–Trinajstić information content (AvgIpc) is 2.68. The fraction of sp³-hybridized carbons (Fsp3) is 0.294. The van der Waals surface area contributed by atoms with Crippen LogP contribution in [0, 0.1) is 0 Å². The number of amides is 1. The Morgan fingerprint density at radius 3 is 2.35 bits per heavy atom. The summed E-state index contributed by atoms with van der Waals surface area (Å²) < 4.78 is 20.6. The van der Waals surface area contributed by atoms with Crippen molar-refractivity contribution in [2.45, 2.75) is 13.3 Å². The highest BCUT2D eigenvalue weighted by molar-refractivity contribution is 6.03. The second kappa shape index (κ2) is 9.21. The minimum atomic E-state index is -0.657.